The first-order valence-corrected chi connectivity index (χ1v) is 10.5. The smallest absolute Gasteiger partial charge is 0.254 e. The Bertz CT molecular complexity index is 1170. The van der Waals surface area contributed by atoms with E-state index in [0.717, 1.165) is 0 Å². The van der Waals surface area contributed by atoms with Crippen LogP contribution in [0, 0.1) is 12.7 Å². The van der Waals surface area contributed by atoms with Gasteiger partial charge in [-0.2, -0.15) is 0 Å². The van der Waals surface area contributed by atoms with E-state index in [4.69, 9.17) is 0 Å². The Labute approximate surface area is 186 Å². The third kappa shape index (κ3) is 4.30. The quantitative estimate of drug-likeness (QED) is 0.589. The highest BCUT2D eigenvalue weighted by atomic mass is 19.1. The number of carbonyl (C=O) groups excluding carboxylic acids is 3. The summed E-state index contributed by atoms with van der Waals surface area (Å²) in [6, 6.07) is 20.1. The van der Waals surface area contributed by atoms with Crippen LogP contribution in [0.2, 0.25) is 0 Å². The van der Waals surface area contributed by atoms with Crippen molar-refractivity contribution >= 4 is 17.6 Å². The molecule has 6 heteroatoms. The van der Waals surface area contributed by atoms with Crippen LogP contribution >= 0.6 is 0 Å². The molecule has 32 heavy (non-hydrogen) atoms. The third-order valence-electron chi connectivity index (χ3n) is 5.71. The molecule has 0 radical (unpaired) electrons. The van der Waals surface area contributed by atoms with Crippen molar-refractivity contribution in [3.63, 3.8) is 0 Å². The SMILES string of the molecule is Cc1ccc(C(=O)N2CCN(C(=O)c3ccccc3C(=O)c3ccccc3)CC2)cc1F. The van der Waals surface area contributed by atoms with Gasteiger partial charge < -0.3 is 9.80 Å². The van der Waals surface area contributed by atoms with E-state index >= 15 is 0 Å². The fourth-order valence-corrected chi connectivity index (χ4v) is 3.80. The summed E-state index contributed by atoms with van der Waals surface area (Å²) < 4.78 is 13.8. The van der Waals surface area contributed by atoms with Gasteiger partial charge in [0.25, 0.3) is 11.8 Å². The van der Waals surface area contributed by atoms with E-state index < -0.39 is 5.82 Å². The first kappa shape index (κ1) is 21.4. The number of ketones is 1. The van der Waals surface area contributed by atoms with E-state index in [9.17, 15) is 18.8 Å². The zero-order valence-electron chi connectivity index (χ0n) is 17.8. The fourth-order valence-electron chi connectivity index (χ4n) is 3.80. The number of halogens is 1. The molecule has 1 heterocycles. The van der Waals surface area contributed by atoms with Gasteiger partial charge in [-0.3, -0.25) is 14.4 Å². The van der Waals surface area contributed by atoms with Crippen LogP contribution in [-0.2, 0) is 0 Å². The lowest BCUT2D eigenvalue weighted by molar-refractivity contribution is 0.0534. The van der Waals surface area contributed by atoms with Gasteiger partial charge in [0.2, 0.25) is 0 Å². The van der Waals surface area contributed by atoms with Crippen LogP contribution in [0.4, 0.5) is 4.39 Å². The number of amides is 2. The molecule has 5 nitrogen and oxygen atoms in total. The first-order valence-electron chi connectivity index (χ1n) is 10.5. The zero-order chi connectivity index (χ0) is 22.7. The number of aryl methyl sites for hydroxylation is 1. The summed E-state index contributed by atoms with van der Waals surface area (Å²) in [5, 5.41) is 0. The molecule has 0 saturated carbocycles. The Morgan fingerprint density at radius 2 is 1.25 bits per heavy atom. The molecule has 1 aliphatic rings. The standard InChI is InChI=1S/C26H23FN2O3/c1-18-11-12-20(17-23(18)27)25(31)28-13-15-29(16-14-28)26(32)22-10-6-5-9-21(22)24(30)19-7-3-2-4-8-19/h2-12,17H,13-16H2,1H3. The lowest BCUT2D eigenvalue weighted by atomic mass is 9.97. The van der Waals surface area contributed by atoms with Crippen LogP contribution in [0.3, 0.4) is 0 Å². The second-order valence-electron chi connectivity index (χ2n) is 7.79. The molecule has 1 fully saturated rings. The van der Waals surface area contributed by atoms with Gasteiger partial charge in [0.15, 0.2) is 5.78 Å². The Kier molecular flexibility index (Phi) is 6.12. The summed E-state index contributed by atoms with van der Waals surface area (Å²) in [7, 11) is 0. The molecule has 1 saturated heterocycles. The van der Waals surface area contributed by atoms with Crippen LogP contribution in [0.25, 0.3) is 0 Å². The number of nitrogens with zero attached hydrogens (tertiary/aromatic N) is 2. The van der Waals surface area contributed by atoms with E-state index in [2.05, 4.69) is 0 Å². The monoisotopic (exact) mass is 430 g/mol. The predicted molar refractivity (Wildman–Crippen MR) is 119 cm³/mol. The highest BCUT2D eigenvalue weighted by Crippen LogP contribution is 2.19. The molecule has 0 atom stereocenters. The van der Waals surface area contributed by atoms with Gasteiger partial charge >= 0.3 is 0 Å². The van der Waals surface area contributed by atoms with Crippen molar-refractivity contribution in [2.24, 2.45) is 0 Å². The number of hydrogen-bond donors (Lipinski definition) is 0. The van der Waals surface area contributed by atoms with Gasteiger partial charge in [0, 0.05) is 42.9 Å². The fraction of sp³-hybridized carbons (Fsp3) is 0.192. The minimum absolute atomic E-state index is 0.204. The molecule has 0 bridgehead atoms. The van der Waals surface area contributed by atoms with Gasteiger partial charge in [0.05, 0.1) is 5.56 Å². The Hall–Kier alpha value is -3.80. The predicted octanol–water partition coefficient (Wildman–Crippen LogP) is 3.96. The number of carbonyl (C=O) groups is 3. The minimum Gasteiger partial charge on any atom is -0.335 e. The summed E-state index contributed by atoms with van der Waals surface area (Å²) in [5.74, 6) is -1.11. The van der Waals surface area contributed by atoms with Crippen molar-refractivity contribution in [3.05, 3.63) is 106 Å². The van der Waals surface area contributed by atoms with Gasteiger partial charge in [0.1, 0.15) is 5.82 Å². The molecule has 4 rings (SSSR count). The third-order valence-corrected chi connectivity index (χ3v) is 5.71. The summed E-state index contributed by atoms with van der Waals surface area (Å²) in [6.07, 6.45) is 0. The van der Waals surface area contributed by atoms with Crippen LogP contribution in [0.5, 0.6) is 0 Å². The van der Waals surface area contributed by atoms with Crippen molar-refractivity contribution in [1.82, 2.24) is 9.80 Å². The Balaban J connectivity index is 1.47. The molecule has 0 spiro atoms. The maximum absolute atomic E-state index is 13.8. The molecular weight excluding hydrogens is 407 g/mol. The van der Waals surface area contributed by atoms with Crippen LogP contribution in [-0.4, -0.2) is 53.6 Å². The van der Waals surface area contributed by atoms with Crippen LogP contribution in [0.1, 0.15) is 42.2 Å². The number of piperazine rings is 1. The maximum atomic E-state index is 13.8. The molecule has 2 amide bonds. The average Bonchev–Trinajstić information content (AvgIpc) is 2.85. The molecule has 0 N–H and O–H groups in total. The molecule has 3 aromatic rings. The average molecular weight is 430 g/mol. The van der Waals surface area contributed by atoms with Crippen molar-refractivity contribution in [2.45, 2.75) is 6.92 Å². The molecular formula is C26H23FN2O3. The van der Waals surface area contributed by atoms with E-state index in [0.29, 0.717) is 54.0 Å². The lowest BCUT2D eigenvalue weighted by Crippen LogP contribution is -2.50. The van der Waals surface area contributed by atoms with Gasteiger partial charge in [-0.15, -0.1) is 0 Å². The van der Waals surface area contributed by atoms with E-state index in [-0.39, 0.29) is 17.6 Å². The van der Waals surface area contributed by atoms with Crippen LogP contribution < -0.4 is 0 Å². The van der Waals surface area contributed by atoms with E-state index in [1.54, 1.807) is 77.4 Å². The van der Waals surface area contributed by atoms with E-state index in [1.807, 2.05) is 6.07 Å². The topological polar surface area (TPSA) is 57.7 Å². The summed E-state index contributed by atoms with van der Waals surface area (Å²) in [5.41, 5.74) is 2.01. The summed E-state index contributed by atoms with van der Waals surface area (Å²) in [4.78, 5) is 42.1. The number of hydrogen-bond acceptors (Lipinski definition) is 3. The van der Waals surface area contributed by atoms with Crippen molar-refractivity contribution < 1.29 is 18.8 Å². The Morgan fingerprint density at radius 3 is 1.88 bits per heavy atom. The van der Waals surface area contributed by atoms with Gasteiger partial charge in [-0.25, -0.2) is 4.39 Å². The number of rotatable bonds is 4. The molecule has 0 aromatic heterocycles. The van der Waals surface area contributed by atoms with Crippen LogP contribution in [0.15, 0.2) is 72.8 Å². The van der Waals surface area contributed by atoms with Crippen molar-refractivity contribution in [1.29, 1.82) is 0 Å². The zero-order valence-corrected chi connectivity index (χ0v) is 17.8. The number of benzene rings is 3. The molecule has 0 aliphatic carbocycles. The van der Waals surface area contributed by atoms with Gasteiger partial charge in [-0.05, 0) is 30.7 Å². The summed E-state index contributed by atoms with van der Waals surface area (Å²) in [6.45, 7) is 3.01. The normalized spacial score (nSPS) is 13.7. The molecule has 162 valence electrons. The Morgan fingerprint density at radius 1 is 0.688 bits per heavy atom. The molecule has 1 aliphatic heterocycles. The highest BCUT2D eigenvalue weighted by Gasteiger charge is 2.28. The first-order chi connectivity index (χ1) is 15.5. The second kappa shape index (κ2) is 9.14. The van der Waals surface area contributed by atoms with Crippen molar-refractivity contribution in [2.75, 3.05) is 26.2 Å². The maximum Gasteiger partial charge on any atom is 0.254 e. The van der Waals surface area contributed by atoms with Gasteiger partial charge in [-0.1, -0.05) is 54.6 Å². The molecule has 3 aromatic carbocycles. The lowest BCUT2D eigenvalue weighted by Gasteiger charge is -2.35. The largest absolute Gasteiger partial charge is 0.335 e. The second-order valence-corrected chi connectivity index (χ2v) is 7.79. The van der Waals surface area contributed by atoms with E-state index in [1.165, 1.54) is 6.07 Å². The summed E-state index contributed by atoms with van der Waals surface area (Å²) >= 11 is 0. The highest BCUT2D eigenvalue weighted by molar-refractivity contribution is 6.15. The minimum atomic E-state index is -0.413. The van der Waals surface area contributed by atoms with Crippen molar-refractivity contribution in [3.8, 4) is 0 Å². The molecule has 0 unspecified atom stereocenters.